The van der Waals surface area contributed by atoms with Crippen LogP contribution < -0.4 is 0 Å². The topological polar surface area (TPSA) is 41.4 Å². The van der Waals surface area contributed by atoms with Gasteiger partial charge in [-0.2, -0.15) is 5.10 Å². The molecule has 1 amide bonds. The maximum Gasteiger partial charge on any atom is 0.222 e. The SMILES string of the molecule is C=CCn1nc(C)c(CCC(=O)N2CCN(C)CC2)c1C. The van der Waals surface area contributed by atoms with E-state index in [2.05, 4.69) is 30.5 Å². The molecule has 2 rings (SSSR count). The molecule has 1 aromatic heterocycles. The van der Waals surface area contributed by atoms with Crippen LogP contribution in [0.5, 0.6) is 0 Å². The maximum absolute atomic E-state index is 12.3. The summed E-state index contributed by atoms with van der Waals surface area (Å²) in [4.78, 5) is 16.5. The molecule has 0 spiro atoms. The summed E-state index contributed by atoms with van der Waals surface area (Å²) < 4.78 is 1.96. The number of allylic oxidation sites excluding steroid dienone is 1. The Labute approximate surface area is 127 Å². The second kappa shape index (κ2) is 6.89. The molecule has 5 nitrogen and oxygen atoms in total. The molecule has 1 aromatic rings. The van der Waals surface area contributed by atoms with E-state index < -0.39 is 0 Å². The van der Waals surface area contributed by atoms with Gasteiger partial charge in [-0.25, -0.2) is 0 Å². The zero-order valence-corrected chi connectivity index (χ0v) is 13.4. The van der Waals surface area contributed by atoms with Gasteiger partial charge in [0.25, 0.3) is 0 Å². The maximum atomic E-state index is 12.3. The second-order valence-corrected chi connectivity index (χ2v) is 5.80. The lowest BCUT2D eigenvalue weighted by molar-refractivity contribution is -0.132. The number of hydrogen-bond acceptors (Lipinski definition) is 3. The van der Waals surface area contributed by atoms with E-state index in [1.165, 1.54) is 5.56 Å². The van der Waals surface area contributed by atoms with Crippen LogP contribution in [0.2, 0.25) is 0 Å². The van der Waals surface area contributed by atoms with Gasteiger partial charge >= 0.3 is 0 Å². The zero-order valence-electron chi connectivity index (χ0n) is 13.4. The minimum absolute atomic E-state index is 0.262. The Hall–Kier alpha value is -1.62. The van der Waals surface area contributed by atoms with Gasteiger partial charge in [-0.15, -0.1) is 6.58 Å². The van der Waals surface area contributed by atoms with E-state index in [0.717, 1.165) is 50.5 Å². The smallest absolute Gasteiger partial charge is 0.222 e. The van der Waals surface area contributed by atoms with Gasteiger partial charge in [0.1, 0.15) is 0 Å². The molecule has 0 aliphatic carbocycles. The average molecular weight is 290 g/mol. The fraction of sp³-hybridized carbons (Fsp3) is 0.625. The summed E-state index contributed by atoms with van der Waals surface area (Å²) in [5, 5.41) is 4.51. The number of aryl methyl sites for hydroxylation is 1. The number of aromatic nitrogens is 2. The molecule has 0 bridgehead atoms. The fourth-order valence-corrected chi connectivity index (χ4v) is 2.84. The summed E-state index contributed by atoms with van der Waals surface area (Å²) in [6, 6.07) is 0. The van der Waals surface area contributed by atoms with Crippen molar-refractivity contribution in [1.82, 2.24) is 19.6 Å². The van der Waals surface area contributed by atoms with Crippen LogP contribution in [0.25, 0.3) is 0 Å². The first-order valence-electron chi connectivity index (χ1n) is 7.63. The lowest BCUT2D eigenvalue weighted by Gasteiger charge is -2.32. The van der Waals surface area contributed by atoms with Gasteiger partial charge in [0.15, 0.2) is 0 Å². The first-order chi connectivity index (χ1) is 10.0. The van der Waals surface area contributed by atoms with E-state index in [1.807, 2.05) is 22.6 Å². The van der Waals surface area contributed by atoms with E-state index in [4.69, 9.17) is 0 Å². The number of likely N-dealkylation sites (N-methyl/N-ethyl adjacent to an activating group) is 1. The van der Waals surface area contributed by atoms with Crippen molar-refractivity contribution in [3.63, 3.8) is 0 Å². The summed E-state index contributed by atoms with van der Waals surface area (Å²) in [5.74, 6) is 0.262. The average Bonchev–Trinajstić information content (AvgIpc) is 2.72. The van der Waals surface area contributed by atoms with Gasteiger partial charge in [-0.05, 0) is 32.9 Å². The van der Waals surface area contributed by atoms with Crippen LogP contribution in [0.1, 0.15) is 23.4 Å². The Morgan fingerprint density at radius 1 is 1.29 bits per heavy atom. The molecule has 1 aliphatic rings. The van der Waals surface area contributed by atoms with E-state index in [1.54, 1.807) is 0 Å². The molecule has 0 radical (unpaired) electrons. The molecular weight excluding hydrogens is 264 g/mol. The van der Waals surface area contributed by atoms with Crippen LogP contribution in [0, 0.1) is 13.8 Å². The molecular formula is C16H26N4O. The molecule has 5 heteroatoms. The quantitative estimate of drug-likeness (QED) is 0.770. The van der Waals surface area contributed by atoms with E-state index in [9.17, 15) is 4.79 Å². The standard InChI is InChI=1S/C16H26N4O/c1-5-8-20-14(3)15(13(2)17-20)6-7-16(21)19-11-9-18(4)10-12-19/h5H,1,6-12H2,2-4H3. The van der Waals surface area contributed by atoms with Crippen LogP contribution in [-0.2, 0) is 17.8 Å². The van der Waals surface area contributed by atoms with Crippen molar-refractivity contribution < 1.29 is 4.79 Å². The Morgan fingerprint density at radius 3 is 2.57 bits per heavy atom. The molecule has 1 saturated heterocycles. The number of piperazine rings is 1. The molecule has 0 N–H and O–H groups in total. The monoisotopic (exact) mass is 290 g/mol. The third-order valence-corrected chi connectivity index (χ3v) is 4.28. The normalized spacial score (nSPS) is 16.2. The lowest BCUT2D eigenvalue weighted by Crippen LogP contribution is -2.47. The number of rotatable bonds is 5. The highest BCUT2D eigenvalue weighted by Gasteiger charge is 2.20. The molecule has 116 valence electrons. The van der Waals surface area contributed by atoms with Gasteiger partial charge in [0.2, 0.25) is 5.91 Å². The summed E-state index contributed by atoms with van der Waals surface area (Å²) in [7, 11) is 2.10. The van der Waals surface area contributed by atoms with Gasteiger partial charge in [0, 0.05) is 38.3 Å². The highest BCUT2D eigenvalue weighted by Crippen LogP contribution is 2.16. The Kier molecular flexibility index (Phi) is 5.17. The number of amides is 1. The minimum atomic E-state index is 0.262. The third kappa shape index (κ3) is 3.73. The molecule has 1 fully saturated rings. The molecule has 0 aromatic carbocycles. The van der Waals surface area contributed by atoms with Crippen molar-refractivity contribution in [2.24, 2.45) is 0 Å². The lowest BCUT2D eigenvalue weighted by atomic mass is 10.1. The summed E-state index contributed by atoms with van der Waals surface area (Å²) in [5.41, 5.74) is 3.39. The first kappa shape index (κ1) is 15.8. The second-order valence-electron chi connectivity index (χ2n) is 5.80. The van der Waals surface area contributed by atoms with E-state index >= 15 is 0 Å². The highest BCUT2D eigenvalue weighted by molar-refractivity contribution is 5.76. The van der Waals surface area contributed by atoms with Crippen LogP contribution in [0.3, 0.4) is 0 Å². The minimum Gasteiger partial charge on any atom is -0.340 e. The van der Waals surface area contributed by atoms with Crippen LogP contribution in [0.4, 0.5) is 0 Å². The summed E-state index contributed by atoms with van der Waals surface area (Å²) >= 11 is 0. The Bertz CT molecular complexity index is 513. The first-order valence-corrected chi connectivity index (χ1v) is 7.63. The summed E-state index contributed by atoms with van der Waals surface area (Å²) in [6.45, 7) is 12.2. The van der Waals surface area contributed by atoms with Gasteiger partial charge in [-0.1, -0.05) is 6.08 Å². The molecule has 0 saturated carbocycles. The third-order valence-electron chi connectivity index (χ3n) is 4.28. The molecule has 21 heavy (non-hydrogen) atoms. The number of carbonyl (C=O) groups is 1. The van der Waals surface area contributed by atoms with Crippen LogP contribution >= 0.6 is 0 Å². The van der Waals surface area contributed by atoms with Crippen LogP contribution in [-0.4, -0.2) is 58.7 Å². The molecule has 0 unspecified atom stereocenters. The van der Waals surface area contributed by atoms with Crippen molar-refractivity contribution in [3.8, 4) is 0 Å². The van der Waals surface area contributed by atoms with E-state index in [-0.39, 0.29) is 5.91 Å². The molecule has 1 aliphatic heterocycles. The van der Waals surface area contributed by atoms with Crippen LogP contribution in [0.15, 0.2) is 12.7 Å². The number of nitrogens with zero attached hydrogens (tertiary/aromatic N) is 4. The number of carbonyl (C=O) groups excluding carboxylic acids is 1. The Morgan fingerprint density at radius 2 is 1.95 bits per heavy atom. The van der Waals surface area contributed by atoms with Crippen molar-refractivity contribution in [3.05, 3.63) is 29.6 Å². The molecule has 0 atom stereocenters. The zero-order chi connectivity index (χ0) is 15.4. The Balaban J connectivity index is 1.93. The largest absolute Gasteiger partial charge is 0.340 e. The summed E-state index contributed by atoms with van der Waals surface area (Å²) in [6.07, 6.45) is 3.20. The van der Waals surface area contributed by atoms with Gasteiger partial charge in [0.05, 0.1) is 12.2 Å². The molecule has 2 heterocycles. The predicted octanol–water partition coefficient (Wildman–Crippen LogP) is 1.39. The van der Waals surface area contributed by atoms with Crippen molar-refractivity contribution in [1.29, 1.82) is 0 Å². The van der Waals surface area contributed by atoms with Crippen molar-refractivity contribution >= 4 is 5.91 Å². The predicted molar refractivity (Wildman–Crippen MR) is 84.3 cm³/mol. The highest BCUT2D eigenvalue weighted by atomic mass is 16.2. The van der Waals surface area contributed by atoms with Crippen molar-refractivity contribution in [2.75, 3.05) is 33.2 Å². The van der Waals surface area contributed by atoms with Crippen molar-refractivity contribution in [2.45, 2.75) is 33.2 Å². The number of hydrogen-bond donors (Lipinski definition) is 0. The van der Waals surface area contributed by atoms with Gasteiger partial charge in [-0.3, -0.25) is 9.48 Å². The van der Waals surface area contributed by atoms with E-state index in [0.29, 0.717) is 6.42 Å². The fourth-order valence-electron chi connectivity index (χ4n) is 2.84. The van der Waals surface area contributed by atoms with Gasteiger partial charge < -0.3 is 9.80 Å².